The number of benzene rings is 3. The lowest BCUT2D eigenvalue weighted by molar-refractivity contribution is -0.346. The highest BCUT2D eigenvalue weighted by molar-refractivity contribution is 5.96. The molecule has 3 aromatic rings. The van der Waals surface area contributed by atoms with Gasteiger partial charge in [0.05, 0.1) is 29.6 Å². The van der Waals surface area contributed by atoms with E-state index in [2.05, 4.69) is 5.32 Å². The molecule has 3 aliphatic carbocycles. The number of Topliss-reactive ketones (excluding diaryl/α,β-unsaturated/α-hetero) is 1. The maximum atomic E-state index is 15.8. The molecule has 0 spiro atoms. The third-order valence-electron chi connectivity index (χ3n) is 17.7. The van der Waals surface area contributed by atoms with E-state index in [0.29, 0.717) is 18.4 Å². The molecule has 0 radical (unpaired) electrons. The van der Waals surface area contributed by atoms with Crippen LogP contribution >= 0.6 is 0 Å². The highest BCUT2D eigenvalue weighted by Gasteiger charge is 2.78. The Kier molecular flexibility index (Phi) is 21.7. The zero-order valence-electron chi connectivity index (χ0n) is 48.8. The molecule has 18 heteroatoms. The number of carbonyl (C=O) groups is 8. The smallest absolute Gasteiger partial charge is 0.350 e. The van der Waals surface area contributed by atoms with E-state index in [0.717, 1.165) is 90.9 Å². The Morgan fingerprint density at radius 2 is 1.20 bits per heavy atom. The number of nitrogens with one attached hydrogen (secondary N) is 1. The van der Waals surface area contributed by atoms with Gasteiger partial charge in [0.1, 0.15) is 30.0 Å². The first-order valence-electron chi connectivity index (χ1n) is 29.5. The summed E-state index contributed by atoms with van der Waals surface area (Å²) >= 11 is 0. The highest BCUT2D eigenvalue weighted by Crippen LogP contribution is 2.64. The van der Waals surface area contributed by atoms with E-state index in [1.165, 1.54) is 19.1 Å². The van der Waals surface area contributed by atoms with Gasteiger partial charge in [0.15, 0.2) is 17.5 Å². The van der Waals surface area contributed by atoms with Crippen LogP contribution in [0.5, 0.6) is 0 Å². The second-order valence-electron chi connectivity index (χ2n) is 23.7. The van der Waals surface area contributed by atoms with Crippen LogP contribution in [0.4, 0.5) is 0 Å². The molecule has 7 rings (SSSR count). The number of esters is 5. The number of aliphatic carboxylic acids is 1. The quantitative estimate of drug-likeness (QED) is 0.0228. The molecule has 4 N–H and O–H groups in total. The monoisotopic (exact) mass is 1150 g/mol. The molecule has 1 heterocycles. The van der Waals surface area contributed by atoms with Crippen molar-refractivity contribution in [3.05, 3.63) is 119 Å². The summed E-state index contributed by atoms with van der Waals surface area (Å²) in [6, 6.07) is 23.2. The minimum absolute atomic E-state index is 0.0192. The van der Waals surface area contributed by atoms with Gasteiger partial charge in [-0.15, -0.1) is 0 Å². The third kappa shape index (κ3) is 14.4. The number of unbranched alkanes of at least 4 members (excludes halogenated alkanes) is 13. The van der Waals surface area contributed by atoms with Crippen molar-refractivity contribution in [2.45, 2.75) is 211 Å². The maximum absolute atomic E-state index is 15.8. The summed E-state index contributed by atoms with van der Waals surface area (Å²) < 4.78 is 37.3. The van der Waals surface area contributed by atoms with E-state index in [9.17, 15) is 39.0 Å². The van der Waals surface area contributed by atoms with Gasteiger partial charge in [0, 0.05) is 50.5 Å². The van der Waals surface area contributed by atoms with Gasteiger partial charge in [-0.25, -0.2) is 9.59 Å². The number of carboxylic acids is 1. The molecule has 11 atom stereocenters. The van der Waals surface area contributed by atoms with Crippen molar-refractivity contribution in [1.29, 1.82) is 0 Å². The Labute approximate surface area is 486 Å². The van der Waals surface area contributed by atoms with E-state index in [-0.39, 0.29) is 48.1 Å². The van der Waals surface area contributed by atoms with Gasteiger partial charge in [-0.1, -0.05) is 158 Å². The average Bonchev–Trinajstić information content (AvgIpc) is 1.78. The number of amides is 1. The summed E-state index contributed by atoms with van der Waals surface area (Å²) in [6.45, 7) is 8.01. The summed E-state index contributed by atoms with van der Waals surface area (Å²) in [5, 5.41) is 38.1. The number of hydrogen-bond acceptors (Lipinski definition) is 16. The van der Waals surface area contributed by atoms with E-state index in [1.54, 1.807) is 99.6 Å². The van der Waals surface area contributed by atoms with Crippen molar-refractivity contribution in [1.82, 2.24) is 5.32 Å². The summed E-state index contributed by atoms with van der Waals surface area (Å²) in [6.07, 6.45) is 3.10. The SMILES string of the molecule is CC(=O)O[C@H]1C(=O)[C@@]2(C)[C@H]([C@H](OC(=O)c3ccccc3)[C@]3(O)C[C@H](OC(=O)[C@H](OC(=O)CCCCCCCCCCCCCCCCC(=O)O)[C@@H](NC(=O)c4ccccc4)c4ccccc4)C(C)=C1C3(C)C)[C@]1(OC(C)=O)CO[C@@H]1C[C@@H]2O. The van der Waals surface area contributed by atoms with Crippen molar-refractivity contribution in [3.63, 3.8) is 0 Å². The van der Waals surface area contributed by atoms with Crippen LogP contribution in [0.25, 0.3) is 0 Å². The van der Waals surface area contributed by atoms with Crippen molar-refractivity contribution >= 4 is 47.5 Å². The molecular formula is C65H83NO17. The molecule has 2 bridgehead atoms. The van der Waals surface area contributed by atoms with Crippen LogP contribution in [-0.4, -0.2) is 117 Å². The second kappa shape index (κ2) is 28.2. The van der Waals surface area contributed by atoms with Gasteiger partial charge < -0.3 is 49.1 Å². The Morgan fingerprint density at radius 3 is 1.71 bits per heavy atom. The lowest BCUT2D eigenvalue weighted by atomic mass is 9.44. The van der Waals surface area contributed by atoms with Gasteiger partial charge in [0.2, 0.25) is 6.10 Å². The van der Waals surface area contributed by atoms with Crippen molar-refractivity contribution in [2.75, 3.05) is 6.61 Å². The van der Waals surface area contributed by atoms with Crippen molar-refractivity contribution in [3.8, 4) is 0 Å². The molecular weight excluding hydrogens is 1070 g/mol. The van der Waals surface area contributed by atoms with Crippen LogP contribution in [-0.2, 0) is 57.2 Å². The number of carboxylic acid groups (broad SMARTS) is 1. The fraction of sp³-hybridized carbons (Fsp3) is 0.569. The van der Waals surface area contributed by atoms with Gasteiger partial charge in [-0.3, -0.25) is 28.8 Å². The summed E-state index contributed by atoms with van der Waals surface area (Å²) in [7, 11) is 0. The Bertz CT molecular complexity index is 2800. The minimum Gasteiger partial charge on any atom is -0.481 e. The standard InChI is InChI=1S/C65H83NO17/c1-41-47(39-65(77)58(82-60(75)46-34-26-21-27-35-46)56-63(6,48(69)38-49-64(56,40-78-49)83-43(3)68)57(73)54(79-42(2)67)52(41)62(65,4)5)80-61(76)55(53(44-30-22-19-23-31-44)66-59(74)45-32-24-20-25-33-45)81-51(72)37-29-18-16-14-12-10-8-7-9-11-13-15-17-28-36-50(70)71/h19-27,30-35,47-49,53-56,58,69,77H,7-18,28-29,36-40H2,1-6H3,(H,66,74)(H,70,71)/t47-,48-,49+,53-,54+,55+,56-,58-,63+,64-,65+/m0/s1. The third-order valence-corrected chi connectivity index (χ3v) is 17.7. The van der Waals surface area contributed by atoms with E-state index in [4.69, 9.17) is 33.5 Å². The van der Waals surface area contributed by atoms with Crippen LogP contribution in [0.1, 0.15) is 189 Å². The molecule has 450 valence electrons. The van der Waals surface area contributed by atoms with Gasteiger partial charge in [0.25, 0.3) is 5.91 Å². The minimum atomic E-state index is -2.45. The first-order chi connectivity index (χ1) is 39.6. The lowest BCUT2D eigenvalue weighted by Crippen LogP contribution is -2.82. The summed E-state index contributed by atoms with van der Waals surface area (Å²) in [4.78, 5) is 111. The number of hydrogen-bond donors (Lipinski definition) is 4. The van der Waals surface area contributed by atoms with E-state index in [1.807, 2.05) is 0 Å². The molecule has 4 aliphatic rings. The first-order valence-corrected chi connectivity index (χ1v) is 29.5. The topological polar surface area (TPSA) is 265 Å². The van der Waals surface area contributed by atoms with Gasteiger partial charge in [-0.2, -0.15) is 0 Å². The Balaban J connectivity index is 1.20. The maximum Gasteiger partial charge on any atom is 0.350 e. The molecule has 3 fully saturated rings. The van der Waals surface area contributed by atoms with Crippen molar-refractivity contribution < 1.29 is 82.1 Å². The number of carbonyl (C=O) groups excluding carboxylic acids is 7. The van der Waals surface area contributed by atoms with Crippen LogP contribution < -0.4 is 5.32 Å². The normalized spacial score (nSPS) is 26.7. The predicted molar refractivity (Wildman–Crippen MR) is 303 cm³/mol. The number of aliphatic hydroxyl groups excluding tert-OH is 1. The number of ketones is 1. The highest BCUT2D eigenvalue weighted by atomic mass is 16.6. The zero-order valence-corrected chi connectivity index (χ0v) is 48.8. The van der Waals surface area contributed by atoms with E-state index >= 15 is 9.59 Å². The molecule has 3 aromatic carbocycles. The zero-order chi connectivity index (χ0) is 60.1. The van der Waals surface area contributed by atoms with Gasteiger partial charge >= 0.3 is 35.8 Å². The average molecular weight is 1150 g/mol. The lowest BCUT2D eigenvalue weighted by Gasteiger charge is -2.67. The molecule has 18 nitrogen and oxygen atoms in total. The van der Waals surface area contributed by atoms with Crippen molar-refractivity contribution in [2.24, 2.45) is 16.7 Å². The fourth-order valence-electron chi connectivity index (χ4n) is 13.2. The summed E-state index contributed by atoms with van der Waals surface area (Å²) in [5.74, 6) is -8.37. The fourth-order valence-corrected chi connectivity index (χ4v) is 13.2. The van der Waals surface area contributed by atoms with Crippen LogP contribution in [0.15, 0.2) is 102 Å². The molecule has 2 saturated carbocycles. The van der Waals surface area contributed by atoms with Crippen LogP contribution in [0, 0.1) is 16.7 Å². The molecule has 1 aliphatic heterocycles. The van der Waals surface area contributed by atoms with Crippen LogP contribution in [0.3, 0.4) is 0 Å². The number of fused-ring (bicyclic) bond motifs is 5. The predicted octanol–water partition coefficient (Wildman–Crippen LogP) is 9.61. The molecule has 1 saturated heterocycles. The number of ether oxygens (including phenoxy) is 6. The molecule has 83 heavy (non-hydrogen) atoms. The second-order valence-corrected chi connectivity index (χ2v) is 23.7. The Morgan fingerprint density at radius 1 is 0.687 bits per heavy atom. The van der Waals surface area contributed by atoms with Crippen LogP contribution in [0.2, 0.25) is 0 Å². The van der Waals surface area contributed by atoms with E-state index < -0.39 is 125 Å². The first kappa shape index (κ1) is 63.8. The Hall–Kier alpha value is -6.76. The molecule has 0 unspecified atom stereocenters. The number of rotatable bonds is 28. The summed E-state index contributed by atoms with van der Waals surface area (Å²) in [5.41, 5.74) is -7.27. The number of aliphatic hydroxyl groups is 2. The van der Waals surface area contributed by atoms with Gasteiger partial charge in [-0.05, 0) is 67.7 Å². The molecule has 0 aromatic heterocycles. The largest absolute Gasteiger partial charge is 0.481 e. The molecule has 1 amide bonds.